The van der Waals surface area contributed by atoms with Gasteiger partial charge in [-0.15, -0.1) is 0 Å². The first-order chi connectivity index (χ1) is 11.8. The van der Waals surface area contributed by atoms with E-state index >= 15 is 0 Å². The minimum atomic E-state index is -0.00662. The summed E-state index contributed by atoms with van der Waals surface area (Å²) < 4.78 is 0. The summed E-state index contributed by atoms with van der Waals surface area (Å²) in [6.07, 6.45) is 7.70. The third kappa shape index (κ3) is 4.65. The third-order valence-corrected chi connectivity index (χ3v) is 4.58. The van der Waals surface area contributed by atoms with E-state index in [1.807, 2.05) is 24.4 Å². The van der Waals surface area contributed by atoms with E-state index in [-0.39, 0.29) is 11.9 Å². The average molecular weight is 323 g/mol. The van der Waals surface area contributed by atoms with Crippen molar-refractivity contribution in [2.75, 3.05) is 13.1 Å². The Hall–Kier alpha value is -2.20. The molecule has 24 heavy (non-hydrogen) atoms. The second-order valence-electron chi connectivity index (χ2n) is 6.37. The number of benzene rings is 1. The van der Waals surface area contributed by atoms with Gasteiger partial charge in [0, 0.05) is 25.5 Å². The topological polar surface area (TPSA) is 45.2 Å². The number of likely N-dealkylation sites (tertiary alicyclic amines) is 1. The zero-order valence-electron chi connectivity index (χ0n) is 14.0. The molecule has 0 aliphatic carbocycles. The molecule has 1 amide bonds. The highest BCUT2D eigenvalue weighted by Gasteiger charge is 2.28. The number of piperidine rings is 1. The van der Waals surface area contributed by atoms with Gasteiger partial charge < -0.3 is 5.32 Å². The Bertz CT molecular complexity index is 630. The first-order valence-electron chi connectivity index (χ1n) is 8.77. The van der Waals surface area contributed by atoms with Crippen molar-refractivity contribution in [3.63, 3.8) is 0 Å². The molecule has 0 spiro atoms. The standard InChI is InChI=1S/C20H25N3O/c24-20(22-13-11-17-9-6-12-21-15-17)19-10-4-5-14-23(19)16-18-7-2-1-3-8-18/h1-3,6-9,12,15,19H,4-5,10-11,13-14,16H2,(H,22,24)/t19-/m1/s1. The summed E-state index contributed by atoms with van der Waals surface area (Å²) in [4.78, 5) is 19.0. The second-order valence-corrected chi connectivity index (χ2v) is 6.37. The van der Waals surface area contributed by atoms with Crippen LogP contribution in [0.15, 0.2) is 54.9 Å². The molecule has 0 bridgehead atoms. The van der Waals surface area contributed by atoms with Crippen LogP contribution in [-0.4, -0.2) is 34.9 Å². The fourth-order valence-electron chi connectivity index (χ4n) is 3.29. The molecule has 2 heterocycles. The highest BCUT2D eigenvalue weighted by Crippen LogP contribution is 2.19. The number of carbonyl (C=O) groups is 1. The third-order valence-electron chi connectivity index (χ3n) is 4.58. The number of pyridine rings is 1. The van der Waals surface area contributed by atoms with Crippen molar-refractivity contribution < 1.29 is 4.79 Å². The Kier molecular flexibility index (Phi) is 5.96. The first-order valence-corrected chi connectivity index (χ1v) is 8.77. The molecule has 1 atom stereocenters. The zero-order valence-corrected chi connectivity index (χ0v) is 14.0. The number of aromatic nitrogens is 1. The SMILES string of the molecule is O=C(NCCc1cccnc1)[C@H]1CCCCN1Cc1ccccc1. The van der Waals surface area contributed by atoms with Crippen molar-refractivity contribution in [2.45, 2.75) is 38.3 Å². The second kappa shape index (κ2) is 8.60. The molecule has 0 radical (unpaired) electrons. The van der Waals surface area contributed by atoms with Crippen LogP contribution in [-0.2, 0) is 17.8 Å². The maximum atomic E-state index is 12.6. The van der Waals surface area contributed by atoms with E-state index in [2.05, 4.69) is 39.5 Å². The fourth-order valence-corrected chi connectivity index (χ4v) is 3.29. The first kappa shape index (κ1) is 16.7. The number of hydrogen-bond acceptors (Lipinski definition) is 3. The number of hydrogen-bond donors (Lipinski definition) is 1. The Morgan fingerprint density at radius 2 is 1.96 bits per heavy atom. The number of nitrogens with one attached hydrogen (secondary N) is 1. The Balaban J connectivity index is 1.53. The molecule has 1 saturated heterocycles. The van der Waals surface area contributed by atoms with Gasteiger partial charge in [0.05, 0.1) is 6.04 Å². The van der Waals surface area contributed by atoms with Crippen LogP contribution in [0.5, 0.6) is 0 Å². The summed E-state index contributed by atoms with van der Waals surface area (Å²) in [5, 5.41) is 3.11. The van der Waals surface area contributed by atoms with E-state index in [9.17, 15) is 4.79 Å². The zero-order chi connectivity index (χ0) is 16.6. The minimum Gasteiger partial charge on any atom is -0.354 e. The number of amides is 1. The summed E-state index contributed by atoms with van der Waals surface area (Å²) in [6, 6.07) is 14.4. The predicted octanol–water partition coefficient (Wildman–Crippen LogP) is 2.80. The van der Waals surface area contributed by atoms with Crippen LogP contribution >= 0.6 is 0 Å². The normalized spacial score (nSPS) is 18.2. The molecular formula is C20H25N3O. The van der Waals surface area contributed by atoms with Gasteiger partial charge in [-0.3, -0.25) is 14.7 Å². The molecule has 2 aromatic rings. The summed E-state index contributed by atoms with van der Waals surface area (Å²) in [5.41, 5.74) is 2.43. The summed E-state index contributed by atoms with van der Waals surface area (Å²) >= 11 is 0. The van der Waals surface area contributed by atoms with Gasteiger partial charge in [-0.2, -0.15) is 0 Å². The minimum absolute atomic E-state index is 0.00662. The number of rotatable bonds is 6. The molecule has 126 valence electrons. The van der Waals surface area contributed by atoms with Gasteiger partial charge >= 0.3 is 0 Å². The lowest BCUT2D eigenvalue weighted by atomic mass is 10.00. The van der Waals surface area contributed by atoms with Crippen LogP contribution in [0, 0.1) is 0 Å². The smallest absolute Gasteiger partial charge is 0.237 e. The van der Waals surface area contributed by atoms with Gasteiger partial charge in [-0.25, -0.2) is 0 Å². The molecule has 1 fully saturated rings. The Labute approximate surface area is 143 Å². The van der Waals surface area contributed by atoms with E-state index in [1.165, 1.54) is 12.0 Å². The molecule has 1 N–H and O–H groups in total. The van der Waals surface area contributed by atoms with Crippen molar-refractivity contribution in [1.29, 1.82) is 0 Å². The van der Waals surface area contributed by atoms with Gasteiger partial charge in [0.1, 0.15) is 0 Å². The quantitative estimate of drug-likeness (QED) is 0.889. The maximum Gasteiger partial charge on any atom is 0.237 e. The molecule has 1 aromatic heterocycles. The van der Waals surface area contributed by atoms with Crippen LogP contribution in [0.4, 0.5) is 0 Å². The van der Waals surface area contributed by atoms with Gasteiger partial charge in [0.15, 0.2) is 0 Å². The Morgan fingerprint density at radius 3 is 2.75 bits per heavy atom. The van der Waals surface area contributed by atoms with Crippen molar-refractivity contribution in [3.8, 4) is 0 Å². The highest BCUT2D eigenvalue weighted by molar-refractivity contribution is 5.81. The lowest BCUT2D eigenvalue weighted by Crippen LogP contribution is -2.49. The van der Waals surface area contributed by atoms with Gasteiger partial charge in [-0.1, -0.05) is 42.8 Å². The lowest BCUT2D eigenvalue weighted by molar-refractivity contribution is -0.127. The largest absolute Gasteiger partial charge is 0.354 e. The summed E-state index contributed by atoms with van der Waals surface area (Å²) in [5.74, 6) is 0.162. The molecule has 0 unspecified atom stereocenters. The Morgan fingerprint density at radius 1 is 1.12 bits per heavy atom. The van der Waals surface area contributed by atoms with E-state index in [1.54, 1.807) is 6.20 Å². The fraction of sp³-hybridized carbons (Fsp3) is 0.400. The van der Waals surface area contributed by atoms with E-state index in [0.717, 1.165) is 37.9 Å². The molecule has 4 nitrogen and oxygen atoms in total. The van der Waals surface area contributed by atoms with Crippen molar-refractivity contribution >= 4 is 5.91 Å². The van der Waals surface area contributed by atoms with Crippen molar-refractivity contribution in [2.24, 2.45) is 0 Å². The van der Waals surface area contributed by atoms with E-state index < -0.39 is 0 Å². The molecular weight excluding hydrogens is 298 g/mol. The van der Waals surface area contributed by atoms with Crippen molar-refractivity contribution in [3.05, 3.63) is 66.0 Å². The molecule has 1 aliphatic rings. The monoisotopic (exact) mass is 323 g/mol. The predicted molar refractivity (Wildman–Crippen MR) is 95.4 cm³/mol. The highest BCUT2D eigenvalue weighted by atomic mass is 16.2. The lowest BCUT2D eigenvalue weighted by Gasteiger charge is -2.34. The van der Waals surface area contributed by atoms with Crippen LogP contribution < -0.4 is 5.32 Å². The van der Waals surface area contributed by atoms with Gasteiger partial charge in [0.2, 0.25) is 5.91 Å². The van der Waals surface area contributed by atoms with Crippen LogP contribution in [0.25, 0.3) is 0 Å². The van der Waals surface area contributed by atoms with Gasteiger partial charge in [-0.05, 0) is 43.0 Å². The molecule has 1 aliphatic heterocycles. The summed E-state index contributed by atoms with van der Waals surface area (Å²) in [6.45, 7) is 2.51. The maximum absolute atomic E-state index is 12.6. The van der Waals surface area contributed by atoms with Crippen LogP contribution in [0.1, 0.15) is 30.4 Å². The van der Waals surface area contributed by atoms with Gasteiger partial charge in [0.25, 0.3) is 0 Å². The van der Waals surface area contributed by atoms with Crippen LogP contribution in [0.3, 0.4) is 0 Å². The number of carbonyl (C=O) groups excluding carboxylic acids is 1. The van der Waals surface area contributed by atoms with Crippen molar-refractivity contribution in [1.82, 2.24) is 15.2 Å². The van der Waals surface area contributed by atoms with E-state index in [0.29, 0.717) is 6.54 Å². The van der Waals surface area contributed by atoms with E-state index in [4.69, 9.17) is 0 Å². The molecule has 3 rings (SSSR count). The molecule has 4 heteroatoms. The molecule has 0 saturated carbocycles. The molecule has 1 aromatic carbocycles. The number of nitrogens with zero attached hydrogens (tertiary/aromatic N) is 2. The van der Waals surface area contributed by atoms with Crippen LogP contribution in [0.2, 0.25) is 0 Å². The summed E-state index contributed by atoms with van der Waals surface area (Å²) in [7, 11) is 0. The average Bonchev–Trinajstić information content (AvgIpc) is 2.64.